The Kier molecular flexibility index (Phi) is 5.21. The number of hydrogen-bond acceptors (Lipinski definition) is 4. The van der Waals surface area contributed by atoms with E-state index in [0.717, 1.165) is 23.3 Å². The van der Waals surface area contributed by atoms with Gasteiger partial charge in [0, 0.05) is 6.07 Å². The van der Waals surface area contributed by atoms with Gasteiger partial charge >= 0.3 is 0 Å². The fourth-order valence-corrected chi connectivity index (χ4v) is 2.52. The summed E-state index contributed by atoms with van der Waals surface area (Å²) >= 11 is 0. The highest BCUT2D eigenvalue weighted by Gasteiger charge is 2.21. The Hall–Kier alpha value is -3.22. The van der Waals surface area contributed by atoms with Crippen molar-refractivity contribution in [2.24, 2.45) is 0 Å². The zero-order valence-electron chi connectivity index (χ0n) is 15.1. The molecule has 0 atom stereocenters. The largest absolute Gasteiger partial charge is 0.488 e. The molecule has 0 saturated carbocycles. The lowest BCUT2D eigenvalue weighted by atomic mass is 10.1. The van der Waals surface area contributed by atoms with E-state index in [2.05, 4.69) is 10.5 Å². The number of aryl methyl sites for hydroxylation is 3. The number of aromatic nitrogens is 1. The molecule has 5 nitrogen and oxygen atoms in total. The topological polar surface area (TPSA) is 64.4 Å². The molecule has 2 aromatic carbocycles. The minimum absolute atomic E-state index is 0.0125. The van der Waals surface area contributed by atoms with Crippen LogP contribution in [-0.2, 0) is 6.61 Å². The Morgan fingerprint density at radius 3 is 2.67 bits per heavy atom. The zero-order chi connectivity index (χ0) is 19.6. The van der Waals surface area contributed by atoms with E-state index >= 15 is 0 Å². The van der Waals surface area contributed by atoms with Gasteiger partial charge in [-0.25, -0.2) is 8.78 Å². The lowest BCUT2D eigenvalue weighted by Gasteiger charge is -2.10. The second-order valence-corrected chi connectivity index (χ2v) is 6.20. The number of carbonyl (C=O) groups excluding carboxylic acids is 1. The average Bonchev–Trinajstić information content (AvgIpc) is 2.99. The standard InChI is InChI=1S/C20H18F2N2O3/c1-11-4-5-12(2)18(8-11)26-10-15-13(3)27-24-19(15)20(25)23-17-7-6-14(21)9-16(17)22/h4-9H,10H2,1-3H3,(H,23,25). The van der Waals surface area contributed by atoms with Gasteiger partial charge in [-0.2, -0.15) is 0 Å². The van der Waals surface area contributed by atoms with E-state index in [1.165, 1.54) is 0 Å². The predicted molar refractivity (Wildman–Crippen MR) is 95.8 cm³/mol. The molecule has 0 bridgehead atoms. The Bertz CT molecular complexity index is 999. The number of nitrogens with zero attached hydrogens (tertiary/aromatic N) is 1. The highest BCUT2D eigenvalue weighted by Crippen LogP contribution is 2.23. The highest BCUT2D eigenvalue weighted by molar-refractivity contribution is 6.03. The number of halogens is 2. The van der Waals surface area contributed by atoms with E-state index in [-0.39, 0.29) is 18.0 Å². The number of nitrogens with one attached hydrogen (secondary N) is 1. The van der Waals surface area contributed by atoms with Crippen molar-refractivity contribution in [1.82, 2.24) is 5.16 Å². The molecule has 0 unspecified atom stereocenters. The van der Waals surface area contributed by atoms with Crippen LogP contribution >= 0.6 is 0 Å². The molecule has 1 amide bonds. The van der Waals surface area contributed by atoms with E-state index in [1.54, 1.807) is 6.92 Å². The van der Waals surface area contributed by atoms with Gasteiger partial charge in [-0.3, -0.25) is 4.79 Å². The summed E-state index contributed by atoms with van der Waals surface area (Å²) in [6.07, 6.45) is 0. The van der Waals surface area contributed by atoms with Crippen LogP contribution in [0.2, 0.25) is 0 Å². The van der Waals surface area contributed by atoms with Crippen molar-refractivity contribution in [1.29, 1.82) is 0 Å². The minimum Gasteiger partial charge on any atom is -0.488 e. The second-order valence-electron chi connectivity index (χ2n) is 6.20. The van der Waals surface area contributed by atoms with E-state index in [9.17, 15) is 13.6 Å². The number of anilines is 1. The maximum atomic E-state index is 13.8. The molecule has 0 radical (unpaired) electrons. The molecule has 7 heteroatoms. The first-order valence-electron chi connectivity index (χ1n) is 8.26. The van der Waals surface area contributed by atoms with Crippen molar-refractivity contribution in [3.05, 3.63) is 76.2 Å². The molecule has 0 aliphatic heterocycles. The van der Waals surface area contributed by atoms with Gasteiger partial charge < -0.3 is 14.6 Å². The first-order chi connectivity index (χ1) is 12.8. The normalized spacial score (nSPS) is 10.7. The number of rotatable bonds is 5. The molecule has 0 fully saturated rings. The first-order valence-corrected chi connectivity index (χ1v) is 8.26. The predicted octanol–water partition coefficient (Wildman–Crippen LogP) is 4.71. The molecule has 0 aliphatic carbocycles. The van der Waals surface area contributed by atoms with Crippen molar-refractivity contribution in [2.45, 2.75) is 27.4 Å². The molecule has 3 aromatic rings. The summed E-state index contributed by atoms with van der Waals surface area (Å²) in [5.41, 5.74) is 2.29. The number of carbonyl (C=O) groups is 1. The molecular formula is C20H18F2N2O3. The number of hydrogen-bond donors (Lipinski definition) is 1. The SMILES string of the molecule is Cc1ccc(C)c(OCc2c(C(=O)Nc3ccc(F)cc3F)noc2C)c1. The lowest BCUT2D eigenvalue weighted by molar-refractivity contribution is 0.101. The number of ether oxygens (including phenoxy) is 1. The smallest absolute Gasteiger partial charge is 0.278 e. The van der Waals surface area contributed by atoms with Crippen molar-refractivity contribution in [3.8, 4) is 5.75 Å². The Balaban J connectivity index is 1.79. The third-order valence-corrected chi connectivity index (χ3v) is 4.09. The minimum atomic E-state index is -0.878. The van der Waals surface area contributed by atoms with Crippen LogP contribution in [0, 0.1) is 32.4 Å². The monoisotopic (exact) mass is 372 g/mol. The van der Waals surface area contributed by atoms with Crippen LogP contribution in [0.15, 0.2) is 40.9 Å². The summed E-state index contributed by atoms with van der Waals surface area (Å²) in [6.45, 7) is 5.59. The number of amides is 1. The van der Waals surface area contributed by atoms with Crippen LogP contribution in [0.3, 0.4) is 0 Å². The van der Waals surface area contributed by atoms with E-state index in [4.69, 9.17) is 9.26 Å². The summed E-state index contributed by atoms with van der Waals surface area (Å²) in [4.78, 5) is 12.5. The average molecular weight is 372 g/mol. The van der Waals surface area contributed by atoms with Gasteiger partial charge in [-0.05, 0) is 50.1 Å². The maximum absolute atomic E-state index is 13.8. The molecule has 1 aromatic heterocycles. The molecule has 27 heavy (non-hydrogen) atoms. The van der Waals surface area contributed by atoms with Crippen LogP contribution in [0.5, 0.6) is 5.75 Å². The molecule has 1 heterocycles. The maximum Gasteiger partial charge on any atom is 0.278 e. The van der Waals surface area contributed by atoms with Gasteiger partial charge in [-0.1, -0.05) is 17.3 Å². The van der Waals surface area contributed by atoms with E-state index in [1.807, 2.05) is 32.0 Å². The second kappa shape index (κ2) is 7.57. The van der Waals surface area contributed by atoms with Crippen LogP contribution in [0.4, 0.5) is 14.5 Å². The lowest BCUT2D eigenvalue weighted by Crippen LogP contribution is -2.16. The van der Waals surface area contributed by atoms with Crippen LogP contribution in [0.25, 0.3) is 0 Å². The fraction of sp³-hybridized carbons (Fsp3) is 0.200. The molecule has 0 saturated heterocycles. The van der Waals surface area contributed by atoms with Gasteiger partial charge in [-0.15, -0.1) is 0 Å². The third-order valence-electron chi connectivity index (χ3n) is 4.09. The quantitative estimate of drug-likeness (QED) is 0.704. The van der Waals surface area contributed by atoms with Gasteiger partial charge in [0.05, 0.1) is 11.3 Å². The fourth-order valence-electron chi connectivity index (χ4n) is 2.52. The van der Waals surface area contributed by atoms with Crippen molar-refractivity contribution < 1.29 is 22.8 Å². The number of benzene rings is 2. The van der Waals surface area contributed by atoms with Crippen molar-refractivity contribution in [3.63, 3.8) is 0 Å². The van der Waals surface area contributed by atoms with E-state index < -0.39 is 17.5 Å². The van der Waals surface area contributed by atoms with E-state index in [0.29, 0.717) is 23.1 Å². The molecule has 3 rings (SSSR count). The highest BCUT2D eigenvalue weighted by atomic mass is 19.1. The molecule has 0 aliphatic rings. The first kappa shape index (κ1) is 18.6. The zero-order valence-corrected chi connectivity index (χ0v) is 15.1. The summed E-state index contributed by atoms with van der Waals surface area (Å²) in [5.74, 6) is -1.17. The molecule has 0 spiro atoms. The Morgan fingerprint density at radius 1 is 1.15 bits per heavy atom. The van der Waals surface area contributed by atoms with Gasteiger partial charge in [0.25, 0.3) is 5.91 Å². The van der Waals surface area contributed by atoms with Crippen molar-refractivity contribution in [2.75, 3.05) is 5.32 Å². The molecular weight excluding hydrogens is 354 g/mol. The Labute approximate surface area is 154 Å². The van der Waals surface area contributed by atoms with Crippen LogP contribution in [0.1, 0.15) is 32.9 Å². The molecule has 1 N–H and O–H groups in total. The van der Waals surface area contributed by atoms with Crippen molar-refractivity contribution >= 4 is 11.6 Å². The summed E-state index contributed by atoms with van der Waals surface area (Å²) < 4.78 is 37.7. The van der Waals surface area contributed by atoms with Gasteiger partial charge in [0.15, 0.2) is 5.69 Å². The third kappa shape index (κ3) is 4.13. The van der Waals surface area contributed by atoms with Gasteiger partial charge in [0.1, 0.15) is 29.8 Å². The summed E-state index contributed by atoms with van der Waals surface area (Å²) in [7, 11) is 0. The molecule has 140 valence electrons. The van der Waals surface area contributed by atoms with Crippen LogP contribution < -0.4 is 10.1 Å². The van der Waals surface area contributed by atoms with Crippen LogP contribution in [-0.4, -0.2) is 11.1 Å². The Morgan fingerprint density at radius 2 is 1.93 bits per heavy atom. The summed E-state index contributed by atoms with van der Waals surface area (Å²) in [5, 5.41) is 6.12. The summed E-state index contributed by atoms with van der Waals surface area (Å²) in [6, 6.07) is 8.69. The van der Waals surface area contributed by atoms with Gasteiger partial charge in [0.2, 0.25) is 0 Å².